The van der Waals surface area contributed by atoms with Gasteiger partial charge in [0.25, 0.3) is 11.4 Å². The molecular weight excluding hydrogens is 280 g/mol. The van der Waals surface area contributed by atoms with Gasteiger partial charge in [0.05, 0.1) is 21.6 Å². The predicted octanol–water partition coefficient (Wildman–Crippen LogP) is 2.09. The molecule has 0 aliphatic rings. The number of nitrogens with one attached hydrogen (secondary N) is 1. The van der Waals surface area contributed by atoms with Gasteiger partial charge in [-0.2, -0.15) is 0 Å². The number of nitro groups is 2. The third-order valence-corrected chi connectivity index (χ3v) is 2.77. The van der Waals surface area contributed by atoms with Gasteiger partial charge in [-0.05, 0) is 13.0 Å². The number of benzene rings is 1. The maximum absolute atomic E-state index is 11.0. The number of non-ortho nitro benzene ring substituents is 1. The van der Waals surface area contributed by atoms with E-state index < -0.39 is 9.85 Å². The molecule has 2 rings (SSSR count). The normalized spacial score (nSPS) is 10.5. The second-order valence-corrected chi connectivity index (χ2v) is 4.36. The van der Waals surface area contributed by atoms with Crippen LogP contribution < -0.4 is 5.32 Å². The van der Waals surface area contributed by atoms with Crippen LogP contribution in [0.5, 0.6) is 0 Å². The molecule has 0 amide bonds. The number of hydrogen-bond acceptors (Lipinski definition) is 7. The van der Waals surface area contributed by atoms with Crippen molar-refractivity contribution in [1.82, 2.24) is 10.5 Å². The summed E-state index contributed by atoms with van der Waals surface area (Å²) in [6.45, 7) is 2.34. The van der Waals surface area contributed by atoms with Crippen LogP contribution in [-0.4, -0.2) is 15.0 Å². The Morgan fingerprint density at radius 2 is 1.95 bits per heavy atom. The van der Waals surface area contributed by atoms with E-state index in [4.69, 9.17) is 4.52 Å². The lowest BCUT2D eigenvalue weighted by molar-refractivity contribution is -0.394. The molecule has 21 heavy (non-hydrogen) atoms. The molecule has 1 heterocycles. The summed E-state index contributed by atoms with van der Waals surface area (Å²) >= 11 is 0. The van der Waals surface area contributed by atoms with Crippen LogP contribution in [0.3, 0.4) is 0 Å². The highest BCUT2D eigenvalue weighted by Gasteiger charge is 2.18. The van der Waals surface area contributed by atoms with Crippen LogP contribution in [0.15, 0.2) is 28.8 Å². The molecule has 2 aromatic rings. The second-order valence-electron chi connectivity index (χ2n) is 4.36. The van der Waals surface area contributed by atoms with E-state index in [1.54, 1.807) is 13.0 Å². The van der Waals surface area contributed by atoms with Gasteiger partial charge in [-0.1, -0.05) is 5.16 Å². The molecule has 0 atom stereocenters. The summed E-state index contributed by atoms with van der Waals surface area (Å²) < 4.78 is 4.90. The Balaban J connectivity index is 2.08. The Hall–Kier alpha value is -2.81. The molecule has 1 N–H and O–H groups in total. The molecule has 0 radical (unpaired) electrons. The minimum atomic E-state index is -0.664. The van der Waals surface area contributed by atoms with E-state index in [1.165, 1.54) is 12.1 Å². The van der Waals surface area contributed by atoms with Crippen LogP contribution in [0.2, 0.25) is 0 Å². The molecule has 0 fully saturated rings. The van der Waals surface area contributed by atoms with Gasteiger partial charge in [0.2, 0.25) is 0 Å². The highest BCUT2D eigenvalue weighted by Crippen LogP contribution is 2.24. The number of nitrogens with zero attached hydrogens (tertiary/aromatic N) is 3. The van der Waals surface area contributed by atoms with Crippen LogP contribution in [0.25, 0.3) is 0 Å². The summed E-state index contributed by atoms with van der Waals surface area (Å²) in [5, 5.41) is 28.4. The fourth-order valence-electron chi connectivity index (χ4n) is 1.81. The molecular formula is C12H12N4O5. The van der Waals surface area contributed by atoms with Crippen molar-refractivity contribution >= 4 is 11.4 Å². The summed E-state index contributed by atoms with van der Waals surface area (Å²) in [6.07, 6.45) is 0. The van der Waals surface area contributed by atoms with Gasteiger partial charge in [0.1, 0.15) is 5.76 Å². The molecule has 0 aliphatic carbocycles. The molecule has 0 unspecified atom stereocenters. The lowest BCUT2D eigenvalue weighted by Gasteiger charge is -2.04. The lowest BCUT2D eigenvalue weighted by atomic mass is 10.1. The van der Waals surface area contributed by atoms with E-state index >= 15 is 0 Å². The van der Waals surface area contributed by atoms with Gasteiger partial charge < -0.3 is 9.84 Å². The van der Waals surface area contributed by atoms with Gasteiger partial charge in [-0.25, -0.2) is 0 Å². The zero-order valence-electron chi connectivity index (χ0n) is 11.1. The standard InChI is InChI=1S/C12H12N4O5/c1-8-4-10(14-21-8)7-13-6-9-2-3-11(15(17)18)5-12(9)16(19)20/h2-5,13H,6-7H2,1H3. The van der Waals surface area contributed by atoms with Crippen molar-refractivity contribution in [3.05, 3.63) is 61.5 Å². The number of hydrogen-bond donors (Lipinski definition) is 1. The first-order valence-electron chi connectivity index (χ1n) is 6.02. The van der Waals surface area contributed by atoms with Crippen molar-refractivity contribution < 1.29 is 14.4 Å². The number of aryl methyl sites for hydroxylation is 1. The average molecular weight is 292 g/mol. The fraction of sp³-hybridized carbons (Fsp3) is 0.250. The van der Waals surface area contributed by atoms with E-state index in [-0.39, 0.29) is 17.9 Å². The van der Waals surface area contributed by atoms with E-state index in [0.29, 0.717) is 23.6 Å². The Bertz CT molecular complexity index is 682. The molecule has 9 heteroatoms. The first kappa shape index (κ1) is 14.6. The number of nitro benzene ring substituents is 2. The summed E-state index contributed by atoms with van der Waals surface area (Å²) in [6, 6.07) is 5.32. The van der Waals surface area contributed by atoms with Crippen molar-refractivity contribution in [2.45, 2.75) is 20.0 Å². The van der Waals surface area contributed by atoms with Crippen molar-refractivity contribution in [2.24, 2.45) is 0 Å². The Kier molecular flexibility index (Phi) is 4.24. The summed E-state index contributed by atoms with van der Waals surface area (Å²) in [5.74, 6) is 0.674. The average Bonchev–Trinajstić information content (AvgIpc) is 2.84. The van der Waals surface area contributed by atoms with Gasteiger partial charge in [0.15, 0.2) is 0 Å². The first-order valence-corrected chi connectivity index (χ1v) is 6.02. The minimum Gasteiger partial charge on any atom is -0.361 e. The number of aromatic nitrogens is 1. The summed E-state index contributed by atoms with van der Waals surface area (Å²) in [5.41, 5.74) is 0.452. The topological polar surface area (TPSA) is 124 Å². The van der Waals surface area contributed by atoms with Crippen LogP contribution in [0, 0.1) is 27.2 Å². The lowest BCUT2D eigenvalue weighted by Crippen LogP contribution is -2.14. The molecule has 9 nitrogen and oxygen atoms in total. The zero-order valence-corrected chi connectivity index (χ0v) is 11.1. The van der Waals surface area contributed by atoms with E-state index in [1.807, 2.05) is 0 Å². The van der Waals surface area contributed by atoms with Crippen molar-refractivity contribution in [1.29, 1.82) is 0 Å². The highest BCUT2D eigenvalue weighted by molar-refractivity contribution is 5.49. The zero-order chi connectivity index (χ0) is 15.4. The van der Waals surface area contributed by atoms with Gasteiger partial charge >= 0.3 is 0 Å². The van der Waals surface area contributed by atoms with Crippen molar-refractivity contribution in [2.75, 3.05) is 0 Å². The van der Waals surface area contributed by atoms with E-state index in [2.05, 4.69) is 10.5 Å². The van der Waals surface area contributed by atoms with Gasteiger partial charge in [-0.3, -0.25) is 20.2 Å². The first-order chi connectivity index (χ1) is 9.97. The third kappa shape index (κ3) is 3.60. The second kappa shape index (κ2) is 6.09. The quantitative estimate of drug-likeness (QED) is 0.638. The third-order valence-electron chi connectivity index (χ3n) is 2.77. The monoisotopic (exact) mass is 292 g/mol. The highest BCUT2D eigenvalue weighted by atomic mass is 16.6. The van der Waals surface area contributed by atoms with Gasteiger partial charge in [0, 0.05) is 30.8 Å². The largest absolute Gasteiger partial charge is 0.361 e. The predicted molar refractivity (Wildman–Crippen MR) is 71.5 cm³/mol. The summed E-state index contributed by atoms with van der Waals surface area (Å²) in [4.78, 5) is 20.3. The molecule has 110 valence electrons. The maximum atomic E-state index is 11.0. The molecule has 0 saturated heterocycles. The Morgan fingerprint density at radius 3 is 2.52 bits per heavy atom. The molecule has 0 spiro atoms. The fourth-order valence-corrected chi connectivity index (χ4v) is 1.81. The van der Waals surface area contributed by atoms with E-state index in [0.717, 1.165) is 6.07 Å². The Labute approximate surface area is 118 Å². The summed E-state index contributed by atoms with van der Waals surface area (Å²) in [7, 11) is 0. The molecule has 0 aliphatic heterocycles. The smallest absolute Gasteiger partial charge is 0.280 e. The molecule has 1 aromatic carbocycles. The number of rotatable bonds is 6. The molecule has 0 saturated carbocycles. The van der Waals surface area contributed by atoms with Gasteiger partial charge in [-0.15, -0.1) is 0 Å². The van der Waals surface area contributed by atoms with E-state index in [9.17, 15) is 20.2 Å². The van der Waals surface area contributed by atoms with Crippen molar-refractivity contribution in [3.8, 4) is 0 Å². The SMILES string of the molecule is Cc1cc(CNCc2ccc([N+](=O)[O-])cc2[N+](=O)[O-])no1. The van der Waals surface area contributed by atoms with Crippen LogP contribution >= 0.6 is 0 Å². The van der Waals surface area contributed by atoms with Crippen LogP contribution in [0.4, 0.5) is 11.4 Å². The molecule has 0 bridgehead atoms. The minimum absolute atomic E-state index is 0.195. The Morgan fingerprint density at radius 1 is 1.19 bits per heavy atom. The molecule has 1 aromatic heterocycles. The van der Waals surface area contributed by atoms with Crippen LogP contribution in [0.1, 0.15) is 17.0 Å². The maximum Gasteiger partial charge on any atom is 0.280 e. The van der Waals surface area contributed by atoms with Crippen LogP contribution in [-0.2, 0) is 13.1 Å². The van der Waals surface area contributed by atoms with Crippen molar-refractivity contribution in [3.63, 3.8) is 0 Å².